The number of carbonyl (C=O) groups is 2. The van der Waals surface area contributed by atoms with Crippen molar-refractivity contribution in [1.82, 2.24) is 9.88 Å². The monoisotopic (exact) mass is 464 g/mol. The van der Waals surface area contributed by atoms with Crippen LogP contribution in [0.1, 0.15) is 52.6 Å². The number of hydrogen-bond acceptors (Lipinski definition) is 4. The highest BCUT2D eigenvalue weighted by molar-refractivity contribution is 6.30. The van der Waals surface area contributed by atoms with Crippen molar-refractivity contribution in [2.45, 2.75) is 38.3 Å². The van der Waals surface area contributed by atoms with Gasteiger partial charge in [-0.15, -0.1) is 0 Å². The number of aryl methyl sites for hydroxylation is 1. The van der Waals surface area contributed by atoms with Crippen molar-refractivity contribution >= 4 is 23.5 Å². The summed E-state index contributed by atoms with van der Waals surface area (Å²) in [7, 11) is 0. The van der Waals surface area contributed by atoms with E-state index in [1.165, 1.54) is 0 Å². The van der Waals surface area contributed by atoms with Crippen LogP contribution in [0.4, 0.5) is 0 Å². The van der Waals surface area contributed by atoms with E-state index < -0.39 is 5.97 Å². The van der Waals surface area contributed by atoms with E-state index in [1.54, 1.807) is 36.4 Å². The van der Waals surface area contributed by atoms with Crippen LogP contribution in [0.25, 0.3) is 0 Å². The number of rotatable bonds is 8. The van der Waals surface area contributed by atoms with Gasteiger partial charge in [0.25, 0.3) is 0 Å². The third kappa shape index (κ3) is 5.71. The SMILES string of the molecule is O=C(O)c1ccc([C@@H]2CCCN2C(=O)CCc2ccccc2)nc1COc1ccc(Cl)cc1. The number of ether oxygens (including phenoxy) is 1. The maximum Gasteiger partial charge on any atom is 0.337 e. The molecule has 3 aromatic rings. The summed E-state index contributed by atoms with van der Waals surface area (Å²) in [5, 5.41) is 10.2. The molecule has 0 unspecified atom stereocenters. The number of halogens is 1. The Hall–Kier alpha value is -3.38. The Morgan fingerprint density at radius 3 is 2.55 bits per heavy atom. The van der Waals surface area contributed by atoms with Crippen molar-refractivity contribution in [1.29, 1.82) is 0 Å². The summed E-state index contributed by atoms with van der Waals surface area (Å²) in [6.07, 6.45) is 2.81. The molecule has 6 nitrogen and oxygen atoms in total. The minimum Gasteiger partial charge on any atom is -0.487 e. The normalized spacial score (nSPS) is 15.4. The molecule has 1 aromatic heterocycles. The van der Waals surface area contributed by atoms with Crippen molar-refractivity contribution < 1.29 is 19.4 Å². The molecular formula is C26H25ClN2O4. The fraction of sp³-hybridized carbons (Fsp3) is 0.269. The summed E-state index contributed by atoms with van der Waals surface area (Å²) in [5.74, 6) is -0.406. The Morgan fingerprint density at radius 1 is 1.06 bits per heavy atom. The van der Waals surface area contributed by atoms with Gasteiger partial charge in [-0.3, -0.25) is 9.78 Å². The first kappa shape index (κ1) is 22.8. The van der Waals surface area contributed by atoms with Gasteiger partial charge >= 0.3 is 5.97 Å². The Kier molecular flexibility index (Phi) is 7.25. The second-order valence-corrected chi connectivity index (χ2v) is 8.45. The molecule has 4 rings (SSSR count). The molecular weight excluding hydrogens is 440 g/mol. The fourth-order valence-electron chi connectivity index (χ4n) is 4.10. The molecule has 170 valence electrons. The molecule has 0 radical (unpaired) electrons. The smallest absolute Gasteiger partial charge is 0.337 e. The second-order valence-electron chi connectivity index (χ2n) is 8.01. The third-order valence-corrected chi connectivity index (χ3v) is 6.05. The van der Waals surface area contributed by atoms with E-state index in [2.05, 4.69) is 4.98 Å². The topological polar surface area (TPSA) is 79.7 Å². The van der Waals surface area contributed by atoms with Gasteiger partial charge in [-0.05, 0) is 61.2 Å². The van der Waals surface area contributed by atoms with Gasteiger partial charge in [-0.25, -0.2) is 4.79 Å². The number of aromatic carboxylic acids is 1. The lowest BCUT2D eigenvalue weighted by Gasteiger charge is -2.25. The molecule has 1 atom stereocenters. The van der Waals surface area contributed by atoms with Gasteiger partial charge in [0.1, 0.15) is 12.4 Å². The van der Waals surface area contributed by atoms with Crippen molar-refractivity contribution in [2.75, 3.05) is 6.54 Å². The largest absolute Gasteiger partial charge is 0.487 e. The van der Waals surface area contributed by atoms with Crippen LogP contribution < -0.4 is 4.74 Å². The van der Waals surface area contributed by atoms with E-state index in [4.69, 9.17) is 16.3 Å². The number of carboxylic acids is 1. The third-order valence-electron chi connectivity index (χ3n) is 5.80. The molecule has 1 saturated heterocycles. The molecule has 1 amide bonds. The zero-order valence-corrected chi connectivity index (χ0v) is 18.9. The summed E-state index contributed by atoms with van der Waals surface area (Å²) < 4.78 is 5.75. The Labute approximate surface area is 197 Å². The maximum absolute atomic E-state index is 13.0. The number of amides is 1. The zero-order chi connectivity index (χ0) is 23.2. The number of hydrogen-bond donors (Lipinski definition) is 1. The molecule has 0 spiro atoms. The number of pyridine rings is 1. The van der Waals surface area contributed by atoms with Crippen LogP contribution in [-0.2, 0) is 17.8 Å². The van der Waals surface area contributed by atoms with Gasteiger partial charge in [0, 0.05) is 18.0 Å². The van der Waals surface area contributed by atoms with Crippen LogP contribution in [0.5, 0.6) is 5.75 Å². The van der Waals surface area contributed by atoms with E-state index in [-0.39, 0.29) is 24.1 Å². The predicted octanol–water partition coefficient (Wildman–Crippen LogP) is 5.31. The minimum absolute atomic E-state index is 0.00573. The Balaban J connectivity index is 1.49. The molecule has 1 aliphatic rings. The van der Waals surface area contributed by atoms with Crippen molar-refractivity contribution in [2.24, 2.45) is 0 Å². The maximum atomic E-state index is 13.0. The minimum atomic E-state index is -1.06. The average Bonchev–Trinajstić information content (AvgIpc) is 3.33. The first-order chi connectivity index (χ1) is 16.0. The highest BCUT2D eigenvalue weighted by Gasteiger charge is 2.31. The second kappa shape index (κ2) is 10.5. The molecule has 1 fully saturated rings. The van der Waals surface area contributed by atoms with Crippen molar-refractivity contribution in [3.63, 3.8) is 0 Å². The average molecular weight is 465 g/mol. The lowest BCUT2D eigenvalue weighted by molar-refractivity contribution is -0.132. The predicted molar refractivity (Wildman–Crippen MR) is 125 cm³/mol. The molecule has 0 aliphatic carbocycles. The molecule has 0 saturated carbocycles. The Bertz CT molecular complexity index is 1120. The number of aromatic nitrogens is 1. The Morgan fingerprint density at radius 2 is 1.82 bits per heavy atom. The number of nitrogens with zero attached hydrogens (tertiary/aromatic N) is 2. The summed E-state index contributed by atoms with van der Waals surface area (Å²) in [4.78, 5) is 31.2. The highest BCUT2D eigenvalue weighted by atomic mass is 35.5. The van der Waals surface area contributed by atoms with E-state index in [9.17, 15) is 14.7 Å². The molecule has 2 heterocycles. The first-order valence-corrected chi connectivity index (χ1v) is 11.3. The number of benzene rings is 2. The molecule has 33 heavy (non-hydrogen) atoms. The van der Waals surface area contributed by atoms with E-state index in [1.807, 2.05) is 35.2 Å². The van der Waals surface area contributed by atoms with E-state index in [0.29, 0.717) is 41.5 Å². The standard InChI is InChI=1S/C26H25ClN2O4/c27-19-9-11-20(12-10-19)33-17-23-21(26(31)32)13-14-22(28-23)24-7-4-16-29(24)25(30)15-8-18-5-2-1-3-6-18/h1-3,5-6,9-14,24H,4,7-8,15-17H2,(H,31,32)/t24-/m0/s1. The van der Waals surface area contributed by atoms with Crippen LogP contribution >= 0.6 is 11.6 Å². The van der Waals surface area contributed by atoms with Gasteiger partial charge in [-0.1, -0.05) is 41.9 Å². The molecule has 1 N–H and O–H groups in total. The summed E-state index contributed by atoms with van der Waals surface area (Å²) in [5.41, 5.74) is 2.25. The van der Waals surface area contributed by atoms with Gasteiger partial charge in [0.15, 0.2) is 0 Å². The van der Waals surface area contributed by atoms with Crippen molar-refractivity contribution in [3.05, 3.63) is 94.3 Å². The molecule has 2 aromatic carbocycles. The summed E-state index contributed by atoms with van der Waals surface area (Å²) >= 11 is 5.91. The number of carbonyl (C=O) groups excluding carboxylic acids is 1. The van der Waals surface area contributed by atoms with E-state index in [0.717, 1.165) is 18.4 Å². The number of likely N-dealkylation sites (tertiary alicyclic amines) is 1. The first-order valence-electron chi connectivity index (χ1n) is 11.0. The van der Waals surface area contributed by atoms with Crippen LogP contribution in [-0.4, -0.2) is 33.4 Å². The van der Waals surface area contributed by atoms with Gasteiger partial charge < -0.3 is 14.7 Å². The fourth-order valence-corrected chi connectivity index (χ4v) is 4.23. The van der Waals surface area contributed by atoms with Gasteiger partial charge in [-0.2, -0.15) is 0 Å². The van der Waals surface area contributed by atoms with Gasteiger partial charge in [0.2, 0.25) is 5.91 Å². The number of carboxylic acid groups (broad SMARTS) is 1. The van der Waals surface area contributed by atoms with Crippen LogP contribution in [0.15, 0.2) is 66.7 Å². The van der Waals surface area contributed by atoms with Crippen molar-refractivity contribution in [3.8, 4) is 5.75 Å². The molecule has 0 bridgehead atoms. The lowest BCUT2D eigenvalue weighted by atomic mass is 10.1. The summed E-state index contributed by atoms with van der Waals surface area (Å²) in [6, 6.07) is 19.9. The van der Waals surface area contributed by atoms with Crippen LogP contribution in [0, 0.1) is 0 Å². The van der Waals surface area contributed by atoms with E-state index >= 15 is 0 Å². The lowest BCUT2D eigenvalue weighted by Crippen LogP contribution is -2.31. The molecule has 1 aliphatic heterocycles. The zero-order valence-electron chi connectivity index (χ0n) is 18.1. The quantitative estimate of drug-likeness (QED) is 0.488. The van der Waals surface area contributed by atoms with Crippen LogP contribution in [0.3, 0.4) is 0 Å². The van der Waals surface area contributed by atoms with Gasteiger partial charge in [0.05, 0.1) is 23.0 Å². The van der Waals surface area contributed by atoms with Crippen LogP contribution in [0.2, 0.25) is 5.02 Å². The summed E-state index contributed by atoms with van der Waals surface area (Å²) in [6.45, 7) is 0.684. The highest BCUT2D eigenvalue weighted by Crippen LogP contribution is 2.32. The molecule has 7 heteroatoms.